The lowest BCUT2D eigenvalue weighted by atomic mass is 10.0. The van der Waals surface area contributed by atoms with E-state index in [0.29, 0.717) is 6.04 Å². The average Bonchev–Trinajstić information content (AvgIpc) is 2.26. The summed E-state index contributed by atoms with van der Waals surface area (Å²) < 4.78 is 0. The number of aromatic nitrogens is 1. The fourth-order valence-corrected chi connectivity index (χ4v) is 1.40. The van der Waals surface area contributed by atoms with Crippen LogP contribution >= 0.6 is 0 Å². The molecule has 0 spiro atoms. The Morgan fingerprint density at radius 2 is 2.43 bits per heavy atom. The van der Waals surface area contributed by atoms with E-state index in [1.807, 2.05) is 19.3 Å². The van der Waals surface area contributed by atoms with Crippen molar-refractivity contribution in [2.24, 2.45) is 0 Å². The van der Waals surface area contributed by atoms with Gasteiger partial charge in [0.05, 0.1) is 0 Å². The highest BCUT2D eigenvalue weighted by molar-refractivity contribution is 5.16. The number of rotatable bonds is 5. The minimum Gasteiger partial charge on any atom is -0.313 e. The van der Waals surface area contributed by atoms with Crippen LogP contribution in [0.5, 0.6) is 0 Å². The third-order valence-corrected chi connectivity index (χ3v) is 2.43. The maximum atomic E-state index is 4.12. The summed E-state index contributed by atoms with van der Waals surface area (Å²) in [6, 6.07) is 4.40. The molecule has 0 aliphatic rings. The van der Waals surface area contributed by atoms with Crippen LogP contribution in [0.1, 0.15) is 31.4 Å². The van der Waals surface area contributed by atoms with Crippen molar-refractivity contribution in [2.45, 2.75) is 25.8 Å². The molecule has 0 aliphatic heterocycles. The maximum Gasteiger partial charge on any atom is 0.0370 e. The van der Waals surface area contributed by atoms with E-state index in [9.17, 15) is 0 Å². The SMILES string of the molecule is C=C(CC)CC(NC)c1cccnc1. The van der Waals surface area contributed by atoms with Gasteiger partial charge in [-0.1, -0.05) is 25.1 Å². The number of nitrogens with zero attached hydrogens (tertiary/aromatic N) is 1. The van der Waals surface area contributed by atoms with Gasteiger partial charge in [-0.25, -0.2) is 0 Å². The highest BCUT2D eigenvalue weighted by Crippen LogP contribution is 2.20. The van der Waals surface area contributed by atoms with E-state index >= 15 is 0 Å². The maximum absolute atomic E-state index is 4.12. The smallest absolute Gasteiger partial charge is 0.0370 e. The van der Waals surface area contributed by atoms with Crippen LogP contribution < -0.4 is 5.32 Å². The lowest BCUT2D eigenvalue weighted by Gasteiger charge is -2.16. The molecule has 0 aromatic carbocycles. The predicted molar refractivity (Wildman–Crippen MR) is 60.1 cm³/mol. The summed E-state index contributed by atoms with van der Waals surface area (Å²) in [5.74, 6) is 0. The second-order valence-corrected chi connectivity index (χ2v) is 3.44. The second-order valence-electron chi connectivity index (χ2n) is 3.44. The Morgan fingerprint density at radius 3 is 2.93 bits per heavy atom. The molecule has 1 aromatic heterocycles. The number of nitrogens with one attached hydrogen (secondary N) is 1. The first-order valence-corrected chi connectivity index (χ1v) is 5.01. The van der Waals surface area contributed by atoms with Gasteiger partial charge in [0, 0.05) is 18.4 Å². The van der Waals surface area contributed by atoms with Gasteiger partial charge in [-0.3, -0.25) is 4.98 Å². The van der Waals surface area contributed by atoms with E-state index in [1.165, 1.54) is 11.1 Å². The monoisotopic (exact) mass is 190 g/mol. The molecule has 2 nitrogen and oxygen atoms in total. The molecular weight excluding hydrogens is 172 g/mol. The normalized spacial score (nSPS) is 12.4. The zero-order valence-corrected chi connectivity index (χ0v) is 8.96. The zero-order chi connectivity index (χ0) is 10.4. The van der Waals surface area contributed by atoms with Crippen molar-refractivity contribution in [3.8, 4) is 0 Å². The summed E-state index contributed by atoms with van der Waals surface area (Å²) >= 11 is 0. The molecule has 1 N–H and O–H groups in total. The highest BCUT2D eigenvalue weighted by atomic mass is 14.9. The highest BCUT2D eigenvalue weighted by Gasteiger charge is 2.09. The Hall–Kier alpha value is -1.15. The minimum absolute atomic E-state index is 0.344. The lowest BCUT2D eigenvalue weighted by molar-refractivity contribution is 0.581. The van der Waals surface area contributed by atoms with Crippen molar-refractivity contribution in [2.75, 3.05) is 7.05 Å². The van der Waals surface area contributed by atoms with Crippen molar-refractivity contribution in [3.05, 3.63) is 42.2 Å². The third kappa shape index (κ3) is 2.96. The lowest BCUT2D eigenvalue weighted by Crippen LogP contribution is -2.16. The van der Waals surface area contributed by atoms with Crippen molar-refractivity contribution < 1.29 is 0 Å². The number of hydrogen-bond acceptors (Lipinski definition) is 2. The van der Waals surface area contributed by atoms with Crippen LogP contribution in [0.15, 0.2) is 36.7 Å². The van der Waals surface area contributed by atoms with E-state index in [-0.39, 0.29) is 0 Å². The van der Waals surface area contributed by atoms with Crippen LogP contribution in [0.25, 0.3) is 0 Å². The first kappa shape index (κ1) is 10.9. The first-order valence-electron chi connectivity index (χ1n) is 5.01. The molecule has 1 atom stereocenters. The summed E-state index contributed by atoms with van der Waals surface area (Å²) in [6.45, 7) is 6.16. The van der Waals surface area contributed by atoms with E-state index < -0.39 is 0 Å². The van der Waals surface area contributed by atoms with E-state index in [2.05, 4.69) is 29.9 Å². The standard InChI is InChI=1S/C12H18N2/c1-4-10(2)8-12(13-3)11-6-5-7-14-9-11/h5-7,9,12-13H,2,4,8H2,1,3H3. The van der Waals surface area contributed by atoms with Gasteiger partial charge in [0.2, 0.25) is 0 Å². The summed E-state index contributed by atoms with van der Waals surface area (Å²) in [5, 5.41) is 3.28. The molecule has 2 heteroatoms. The van der Waals surface area contributed by atoms with Gasteiger partial charge in [0.15, 0.2) is 0 Å². The molecule has 76 valence electrons. The Morgan fingerprint density at radius 1 is 1.64 bits per heavy atom. The van der Waals surface area contributed by atoms with Crippen molar-refractivity contribution in [1.82, 2.24) is 10.3 Å². The van der Waals surface area contributed by atoms with Crippen LogP contribution in [0.3, 0.4) is 0 Å². The average molecular weight is 190 g/mol. The summed E-state index contributed by atoms with van der Waals surface area (Å²) in [4.78, 5) is 4.12. The molecule has 0 fully saturated rings. The zero-order valence-electron chi connectivity index (χ0n) is 8.96. The largest absolute Gasteiger partial charge is 0.313 e. The van der Waals surface area contributed by atoms with Crippen LogP contribution in [0.4, 0.5) is 0 Å². The van der Waals surface area contributed by atoms with E-state index in [1.54, 1.807) is 6.20 Å². The molecule has 0 bridgehead atoms. The van der Waals surface area contributed by atoms with Gasteiger partial charge in [0.1, 0.15) is 0 Å². The van der Waals surface area contributed by atoms with Gasteiger partial charge in [-0.2, -0.15) is 0 Å². The molecule has 0 amide bonds. The van der Waals surface area contributed by atoms with Crippen molar-refractivity contribution >= 4 is 0 Å². The van der Waals surface area contributed by atoms with Crippen LogP contribution in [0, 0.1) is 0 Å². The Bertz CT molecular complexity index is 280. The molecule has 0 saturated heterocycles. The predicted octanol–water partition coefficient (Wildman–Crippen LogP) is 2.70. The van der Waals surface area contributed by atoms with Crippen LogP contribution in [0.2, 0.25) is 0 Å². The molecule has 1 aromatic rings. The molecule has 14 heavy (non-hydrogen) atoms. The van der Waals surface area contributed by atoms with E-state index in [4.69, 9.17) is 0 Å². The molecule has 0 radical (unpaired) electrons. The minimum atomic E-state index is 0.344. The van der Waals surface area contributed by atoms with Crippen LogP contribution in [-0.4, -0.2) is 12.0 Å². The number of hydrogen-bond donors (Lipinski definition) is 1. The number of pyridine rings is 1. The Kier molecular flexibility index (Phi) is 4.33. The van der Waals surface area contributed by atoms with Gasteiger partial charge in [-0.15, -0.1) is 0 Å². The Labute approximate surface area is 86.1 Å². The first-order chi connectivity index (χ1) is 6.77. The van der Waals surface area contributed by atoms with Crippen LogP contribution in [-0.2, 0) is 0 Å². The topological polar surface area (TPSA) is 24.9 Å². The molecular formula is C12H18N2. The van der Waals surface area contributed by atoms with Crippen molar-refractivity contribution in [3.63, 3.8) is 0 Å². The Balaban J connectivity index is 2.68. The van der Waals surface area contributed by atoms with Gasteiger partial charge >= 0.3 is 0 Å². The van der Waals surface area contributed by atoms with E-state index in [0.717, 1.165) is 12.8 Å². The summed E-state index contributed by atoms with van der Waals surface area (Å²) in [6.07, 6.45) is 5.73. The summed E-state index contributed by atoms with van der Waals surface area (Å²) in [5.41, 5.74) is 2.50. The van der Waals surface area contributed by atoms with Gasteiger partial charge in [0.25, 0.3) is 0 Å². The quantitative estimate of drug-likeness (QED) is 0.722. The molecule has 0 saturated carbocycles. The molecule has 0 aliphatic carbocycles. The second kappa shape index (κ2) is 5.55. The molecule has 1 heterocycles. The van der Waals surface area contributed by atoms with Crippen molar-refractivity contribution in [1.29, 1.82) is 0 Å². The molecule has 1 rings (SSSR count). The molecule has 1 unspecified atom stereocenters. The van der Waals surface area contributed by atoms with Gasteiger partial charge in [-0.05, 0) is 31.5 Å². The van der Waals surface area contributed by atoms with Gasteiger partial charge < -0.3 is 5.32 Å². The fourth-order valence-electron chi connectivity index (χ4n) is 1.40. The summed E-state index contributed by atoms with van der Waals surface area (Å²) in [7, 11) is 1.97. The third-order valence-electron chi connectivity index (χ3n) is 2.43. The fraction of sp³-hybridized carbons (Fsp3) is 0.417.